The fourth-order valence-electron chi connectivity index (χ4n) is 2.75. The topological polar surface area (TPSA) is 50.2 Å². The SMILES string of the molecule is C(=N\Nc1nc2ccccc2nc1Cc1ccccc1)/c1ccccc1. The fourth-order valence-corrected chi connectivity index (χ4v) is 2.75. The van der Waals surface area contributed by atoms with E-state index in [1.165, 1.54) is 5.56 Å². The minimum atomic E-state index is 0.680. The molecule has 26 heavy (non-hydrogen) atoms. The van der Waals surface area contributed by atoms with E-state index in [0.717, 1.165) is 22.3 Å². The monoisotopic (exact) mass is 338 g/mol. The molecule has 0 fully saturated rings. The van der Waals surface area contributed by atoms with Crippen molar-refractivity contribution >= 4 is 23.1 Å². The molecule has 0 saturated heterocycles. The number of fused-ring (bicyclic) bond motifs is 1. The Balaban J connectivity index is 1.66. The average molecular weight is 338 g/mol. The van der Waals surface area contributed by atoms with Crippen LogP contribution in [0.5, 0.6) is 0 Å². The van der Waals surface area contributed by atoms with Crippen LogP contribution < -0.4 is 5.43 Å². The third-order valence-electron chi connectivity index (χ3n) is 4.04. The van der Waals surface area contributed by atoms with Crippen LogP contribution in [0.15, 0.2) is 90.0 Å². The highest BCUT2D eigenvalue weighted by Crippen LogP contribution is 2.20. The third-order valence-corrected chi connectivity index (χ3v) is 4.04. The van der Waals surface area contributed by atoms with Gasteiger partial charge in [-0.2, -0.15) is 5.10 Å². The Kier molecular flexibility index (Phi) is 4.65. The third kappa shape index (κ3) is 3.75. The van der Waals surface area contributed by atoms with Crippen LogP contribution in [0.1, 0.15) is 16.8 Å². The van der Waals surface area contributed by atoms with E-state index in [4.69, 9.17) is 9.97 Å². The molecule has 0 bridgehead atoms. The molecule has 126 valence electrons. The van der Waals surface area contributed by atoms with Crippen molar-refractivity contribution in [2.45, 2.75) is 6.42 Å². The number of benzene rings is 3. The van der Waals surface area contributed by atoms with Gasteiger partial charge < -0.3 is 0 Å². The van der Waals surface area contributed by atoms with Gasteiger partial charge in [0, 0.05) is 6.42 Å². The average Bonchev–Trinajstić information content (AvgIpc) is 2.70. The van der Waals surface area contributed by atoms with E-state index in [1.807, 2.05) is 72.8 Å². The highest BCUT2D eigenvalue weighted by molar-refractivity contribution is 5.80. The number of rotatable bonds is 5. The zero-order valence-electron chi connectivity index (χ0n) is 14.2. The predicted octanol–water partition coefficient (Wildman–Crippen LogP) is 4.67. The molecule has 4 rings (SSSR count). The number of aromatic nitrogens is 2. The van der Waals surface area contributed by atoms with Crippen molar-refractivity contribution in [2.24, 2.45) is 5.10 Å². The lowest BCUT2D eigenvalue weighted by atomic mass is 10.1. The van der Waals surface area contributed by atoms with Crippen LogP contribution in [0.3, 0.4) is 0 Å². The zero-order chi connectivity index (χ0) is 17.6. The lowest BCUT2D eigenvalue weighted by molar-refractivity contribution is 1.06. The summed E-state index contributed by atoms with van der Waals surface area (Å²) in [4.78, 5) is 9.51. The number of hydrogen-bond acceptors (Lipinski definition) is 4. The van der Waals surface area contributed by atoms with Crippen LogP contribution in [0.2, 0.25) is 0 Å². The van der Waals surface area contributed by atoms with Crippen molar-refractivity contribution in [1.29, 1.82) is 0 Å². The largest absolute Gasteiger partial charge is 0.260 e. The van der Waals surface area contributed by atoms with Crippen LogP contribution in [-0.4, -0.2) is 16.2 Å². The van der Waals surface area contributed by atoms with Crippen molar-refractivity contribution in [1.82, 2.24) is 9.97 Å². The van der Waals surface area contributed by atoms with Crippen LogP contribution in [0.25, 0.3) is 11.0 Å². The van der Waals surface area contributed by atoms with Crippen molar-refractivity contribution in [3.63, 3.8) is 0 Å². The maximum Gasteiger partial charge on any atom is 0.169 e. The van der Waals surface area contributed by atoms with Crippen LogP contribution in [-0.2, 0) is 6.42 Å². The number of hydrazone groups is 1. The molecule has 0 atom stereocenters. The van der Waals surface area contributed by atoms with Gasteiger partial charge in [0.25, 0.3) is 0 Å². The highest BCUT2D eigenvalue weighted by atomic mass is 15.3. The Morgan fingerprint density at radius 1 is 0.731 bits per heavy atom. The molecule has 4 heteroatoms. The second-order valence-corrected chi connectivity index (χ2v) is 5.95. The van der Waals surface area contributed by atoms with Gasteiger partial charge in [0.1, 0.15) is 0 Å². The minimum Gasteiger partial charge on any atom is -0.260 e. The van der Waals surface area contributed by atoms with Gasteiger partial charge >= 0.3 is 0 Å². The highest BCUT2D eigenvalue weighted by Gasteiger charge is 2.09. The molecule has 0 radical (unpaired) electrons. The predicted molar refractivity (Wildman–Crippen MR) is 106 cm³/mol. The van der Waals surface area contributed by atoms with Crippen molar-refractivity contribution in [2.75, 3.05) is 5.43 Å². The molecular formula is C22H18N4. The van der Waals surface area contributed by atoms with Gasteiger partial charge in [-0.3, -0.25) is 5.43 Å². The van der Waals surface area contributed by atoms with E-state index < -0.39 is 0 Å². The van der Waals surface area contributed by atoms with Gasteiger partial charge in [-0.15, -0.1) is 0 Å². The van der Waals surface area contributed by atoms with E-state index in [-0.39, 0.29) is 0 Å². The molecule has 0 amide bonds. The molecule has 0 saturated carbocycles. The molecule has 1 aromatic heterocycles. The summed E-state index contributed by atoms with van der Waals surface area (Å²) in [6.45, 7) is 0. The van der Waals surface area contributed by atoms with Crippen molar-refractivity contribution in [3.05, 3.63) is 102 Å². The molecule has 4 aromatic rings. The Morgan fingerprint density at radius 2 is 1.35 bits per heavy atom. The summed E-state index contributed by atoms with van der Waals surface area (Å²) in [7, 11) is 0. The van der Waals surface area contributed by atoms with Crippen molar-refractivity contribution in [3.8, 4) is 0 Å². The standard InChI is InChI=1S/C22H18N4/c1-3-9-17(10-4-1)15-21-22(25-20-14-8-7-13-19(20)24-21)26-23-16-18-11-5-2-6-12-18/h1-14,16H,15H2,(H,25,26)/b23-16+. The first-order chi connectivity index (χ1) is 12.9. The molecule has 0 aliphatic heterocycles. The normalized spacial score (nSPS) is 11.1. The lowest BCUT2D eigenvalue weighted by Gasteiger charge is -2.09. The van der Waals surface area contributed by atoms with Gasteiger partial charge in [0.05, 0.1) is 22.9 Å². The van der Waals surface area contributed by atoms with Crippen LogP contribution in [0.4, 0.5) is 5.82 Å². The van der Waals surface area contributed by atoms with Gasteiger partial charge in [0.15, 0.2) is 5.82 Å². The number of para-hydroxylation sites is 2. The summed E-state index contributed by atoms with van der Waals surface area (Å²) in [5.74, 6) is 0.680. The Hall–Kier alpha value is -3.53. The van der Waals surface area contributed by atoms with E-state index in [9.17, 15) is 0 Å². The lowest BCUT2D eigenvalue weighted by Crippen LogP contribution is -2.03. The van der Waals surface area contributed by atoms with Gasteiger partial charge in [-0.25, -0.2) is 9.97 Å². The molecule has 0 aliphatic rings. The van der Waals surface area contributed by atoms with E-state index in [0.29, 0.717) is 12.2 Å². The van der Waals surface area contributed by atoms with Gasteiger partial charge in [-0.1, -0.05) is 72.8 Å². The van der Waals surface area contributed by atoms with E-state index in [2.05, 4.69) is 22.7 Å². The molecule has 1 heterocycles. The van der Waals surface area contributed by atoms with Gasteiger partial charge in [0.2, 0.25) is 0 Å². The summed E-state index contributed by atoms with van der Waals surface area (Å²) in [5, 5.41) is 4.34. The minimum absolute atomic E-state index is 0.680. The number of nitrogens with one attached hydrogen (secondary N) is 1. The molecule has 3 aromatic carbocycles. The maximum absolute atomic E-state index is 4.80. The van der Waals surface area contributed by atoms with Crippen molar-refractivity contribution < 1.29 is 0 Å². The maximum atomic E-state index is 4.80. The van der Waals surface area contributed by atoms with Gasteiger partial charge in [-0.05, 0) is 23.3 Å². The zero-order valence-corrected chi connectivity index (χ0v) is 14.2. The molecule has 0 aliphatic carbocycles. The summed E-state index contributed by atoms with van der Waals surface area (Å²) < 4.78 is 0. The fraction of sp³-hybridized carbons (Fsp3) is 0.0455. The first-order valence-electron chi connectivity index (χ1n) is 8.52. The van der Waals surface area contributed by atoms with E-state index >= 15 is 0 Å². The van der Waals surface area contributed by atoms with E-state index in [1.54, 1.807) is 6.21 Å². The first-order valence-corrected chi connectivity index (χ1v) is 8.52. The molecule has 4 nitrogen and oxygen atoms in total. The smallest absolute Gasteiger partial charge is 0.169 e. The molecule has 1 N–H and O–H groups in total. The molecular weight excluding hydrogens is 320 g/mol. The number of anilines is 1. The second kappa shape index (κ2) is 7.57. The number of hydrogen-bond donors (Lipinski definition) is 1. The summed E-state index contributed by atoms with van der Waals surface area (Å²) in [5.41, 5.74) is 7.89. The second-order valence-electron chi connectivity index (χ2n) is 5.95. The molecule has 0 spiro atoms. The Morgan fingerprint density at radius 3 is 2.08 bits per heavy atom. The Labute approximate surface area is 152 Å². The first kappa shape index (κ1) is 16.0. The molecule has 0 unspecified atom stereocenters. The quantitative estimate of drug-likeness (QED) is 0.425. The van der Waals surface area contributed by atoms with Crippen LogP contribution >= 0.6 is 0 Å². The summed E-state index contributed by atoms with van der Waals surface area (Å²) in [6, 6.07) is 28.1. The summed E-state index contributed by atoms with van der Waals surface area (Å²) in [6.07, 6.45) is 2.48. The Bertz CT molecular complexity index is 1030. The number of nitrogens with zero attached hydrogens (tertiary/aromatic N) is 3. The summed E-state index contributed by atoms with van der Waals surface area (Å²) >= 11 is 0. The van der Waals surface area contributed by atoms with Crippen LogP contribution in [0, 0.1) is 0 Å².